The van der Waals surface area contributed by atoms with Gasteiger partial charge < -0.3 is 8.54 Å². The highest BCUT2D eigenvalue weighted by Crippen LogP contribution is 2.08. The van der Waals surface area contributed by atoms with Crippen LogP contribution in [0, 0.1) is 0 Å². The lowest BCUT2D eigenvalue weighted by molar-refractivity contribution is 0.360. The standard InChI is InChI=1S/C5H18O2Si4/c1-11(2,3)7-10-5-4-6-8-9-10/h10H,4-5,8-9H2,1-3H3. The molecule has 0 aromatic carbocycles. The molecule has 1 heterocycles. The highest BCUT2D eigenvalue weighted by Gasteiger charge is 2.24. The molecule has 1 unspecified atom stereocenters. The van der Waals surface area contributed by atoms with Crippen molar-refractivity contribution in [3.8, 4) is 0 Å². The smallest absolute Gasteiger partial charge is 0.169 e. The Morgan fingerprint density at radius 2 is 2.18 bits per heavy atom. The minimum atomic E-state index is -1.18. The third-order valence-corrected chi connectivity index (χ3v) is 22.3. The van der Waals surface area contributed by atoms with Crippen molar-refractivity contribution in [1.29, 1.82) is 0 Å². The van der Waals surface area contributed by atoms with E-state index in [-0.39, 0.29) is 17.8 Å². The first-order valence-corrected chi connectivity index (χ1v) is 16.9. The molecular formula is C5H18O2Si4. The van der Waals surface area contributed by atoms with Crippen LogP contribution in [0.4, 0.5) is 0 Å². The van der Waals surface area contributed by atoms with Gasteiger partial charge in [-0.05, 0) is 25.7 Å². The van der Waals surface area contributed by atoms with Crippen molar-refractivity contribution in [2.75, 3.05) is 6.61 Å². The molecule has 1 atom stereocenters. The summed E-state index contributed by atoms with van der Waals surface area (Å²) in [5, 5.41) is 0. The molecule has 1 aliphatic rings. The van der Waals surface area contributed by atoms with Crippen LogP contribution in [-0.2, 0) is 8.54 Å². The highest BCUT2D eigenvalue weighted by molar-refractivity contribution is 7.34. The summed E-state index contributed by atoms with van der Waals surface area (Å²) in [4.78, 5) is 0. The van der Waals surface area contributed by atoms with E-state index in [1.54, 1.807) is 0 Å². The quantitative estimate of drug-likeness (QED) is 0.573. The van der Waals surface area contributed by atoms with Crippen molar-refractivity contribution in [1.82, 2.24) is 0 Å². The average molecular weight is 223 g/mol. The maximum absolute atomic E-state index is 6.17. The Hall–Kier alpha value is 0.788. The monoisotopic (exact) mass is 222 g/mol. The van der Waals surface area contributed by atoms with E-state index in [0.29, 0.717) is 0 Å². The van der Waals surface area contributed by atoms with Crippen molar-refractivity contribution >= 4 is 34.7 Å². The fourth-order valence-electron chi connectivity index (χ4n) is 1.29. The topological polar surface area (TPSA) is 18.5 Å². The van der Waals surface area contributed by atoms with Crippen LogP contribution in [0.25, 0.3) is 0 Å². The van der Waals surface area contributed by atoms with E-state index in [1.807, 2.05) is 0 Å². The van der Waals surface area contributed by atoms with Crippen LogP contribution in [0.5, 0.6) is 0 Å². The van der Waals surface area contributed by atoms with Gasteiger partial charge in [-0.3, -0.25) is 0 Å². The van der Waals surface area contributed by atoms with E-state index < -0.39 is 16.9 Å². The average Bonchev–Trinajstić information content (AvgIpc) is 1.85. The summed E-state index contributed by atoms with van der Waals surface area (Å²) in [6.45, 7) is 7.98. The highest BCUT2D eigenvalue weighted by atomic mass is 29.6. The molecule has 6 heteroatoms. The number of hydrogen-bond acceptors (Lipinski definition) is 2. The largest absolute Gasteiger partial charge is 0.461 e. The molecule has 0 saturated carbocycles. The molecular weight excluding hydrogens is 204 g/mol. The van der Waals surface area contributed by atoms with E-state index in [4.69, 9.17) is 8.54 Å². The van der Waals surface area contributed by atoms with Crippen molar-refractivity contribution in [3.63, 3.8) is 0 Å². The van der Waals surface area contributed by atoms with Crippen LogP contribution in [0.2, 0.25) is 25.7 Å². The lowest BCUT2D eigenvalue weighted by atomic mass is 10.9. The first kappa shape index (κ1) is 9.87. The molecule has 0 radical (unpaired) electrons. The zero-order valence-corrected chi connectivity index (χ0v) is 12.7. The molecule has 0 spiro atoms. The van der Waals surface area contributed by atoms with Crippen LogP contribution in [0.1, 0.15) is 0 Å². The van der Waals surface area contributed by atoms with Gasteiger partial charge >= 0.3 is 0 Å². The predicted molar refractivity (Wildman–Crippen MR) is 59.4 cm³/mol. The van der Waals surface area contributed by atoms with Crippen LogP contribution in [0.3, 0.4) is 0 Å². The van der Waals surface area contributed by atoms with Gasteiger partial charge in [0.2, 0.25) is 0 Å². The lowest BCUT2D eigenvalue weighted by Crippen LogP contribution is -2.44. The minimum Gasteiger partial charge on any atom is -0.461 e. The second kappa shape index (κ2) is 4.15. The second-order valence-electron chi connectivity index (χ2n) is 4.04. The molecule has 66 valence electrons. The fourth-order valence-corrected chi connectivity index (χ4v) is 26.6. The Bertz CT molecular complexity index is 118. The number of hydrogen-bond donors (Lipinski definition) is 0. The molecule has 2 nitrogen and oxygen atoms in total. The molecule has 1 aliphatic heterocycles. The predicted octanol–water partition coefficient (Wildman–Crippen LogP) is -0.744. The molecule has 1 rings (SSSR count). The molecule has 0 aromatic rings. The minimum absolute atomic E-state index is 0.0101. The zero-order chi connectivity index (χ0) is 8.32. The molecule has 0 bridgehead atoms. The Morgan fingerprint density at radius 1 is 1.45 bits per heavy atom. The van der Waals surface area contributed by atoms with Gasteiger partial charge in [0.15, 0.2) is 8.32 Å². The second-order valence-corrected chi connectivity index (χ2v) is 23.3. The van der Waals surface area contributed by atoms with Gasteiger partial charge in [0.25, 0.3) is 0 Å². The van der Waals surface area contributed by atoms with Crippen LogP contribution < -0.4 is 0 Å². The fraction of sp³-hybridized carbons (Fsp3) is 1.00. The third-order valence-electron chi connectivity index (χ3n) is 1.69. The SMILES string of the molecule is C[Si](C)(C)O[SiH]1CCO[SiH2][SiH2]1. The third kappa shape index (κ3) is 4.38. The molecule has 0 aromatic heterocycles. The summed E-state index contributed by atoms with van der Waals surface area (Å²) < 4.78 is 11.7. The summed E-state index contributed by atoms with van der Waals surface area (Å²) in [6.07, 6.45) is 0. The van der Waals surface area contributed by atoms with Crippen LogP contribution in [0.15, 0.2) is 0 Å². The normalized spacial score (nSPS) is 31.4. The molecule has 1 saturated heterocycles. The summed E-state index contributed by atoms with van der Waals surface area (Å²) >= 11 is 0. The summed E-state index contributed by atoms with van der Waals surface area (Å²) in [5.74, 6) is 0. The van der Waals surface area contributed by atoms with Gasteiger partial charge in [0.1, 0.15) is 17.8 Å². The van der Waals surface area contributed by atoms with Crippen molar-refractivity contribution in [2.45, 2.75) is 25.7 Å². The molecule has 0 N–H and O–H groups in total. The Balaban J connectivity index is 2.24. The lowest BCUT2D eigenvalue weighted by Gasteiger charge is -2.28. The first-order valence-electron chi connectivity index (χ1n) is 4.33. The van der Waals surface area contributed by atoms with E-state index in [0.717, 1.165) is 6.61 Å². The molecule has 1 fully saturated rings. The summed E-state index contributed by atoms with van der Waals surface area (Å²) in [5.41, 5.74) is 0. The Labute approximate surface area is 75.9 Å². The van der Waals surface area contributed by atoms with Gasteiger partial charge in [-0.15, -0.1) is 0 Å². The molecule has 11 heavy (non-hydrogen) atoms. The van der Waals surface area contributed by atoms with Gasteiger partial charge in [0, 0.05) is 6.61 Å². The first-order chi connectivity index (χ1) is 5.08. The molecule has 0 aliphatic carbocycles. The maximum Gasteiger partial charge on any atom is 0.169 e. The maximum atomic E-state index is 6.17. The van der Waals surface area contributed by atoms with Gasteiger partial charge in [-0.1, -0.05) is 0 Å². The van der Waals surface area contributed by atoms with E-state index in [1.165, 1.54) is 6.04 Å². The summed E-state index contributed by atoms with van der Waals surface area (Å²) in [6, 6.07) is 1.32. The van der Waals surface area contributed by atoms with Crippen molar-refractivity contribution in [3.05, 3.63) is 0 Å². The van der Waals surface area contributed by atoms with Gasteiger partial charge in [0.05, 0.1) is 8.55 Å². The molecule has 0 amide bonds. The van der Waals surface area contributed by atoms with E-state index in [9.17, 15) is 0 Å². The van der Waals surface area contributed by atoms with Gasteiger partial charge in [-0.2, -0.15) is 0 Å². The van der Waals surface area contributed by atoms with E-state index in [2.05, 4.69) is 19.6 Å². The van der Waals surface area contributed by atoms with Crippen LogP contribution in [-0.4, -0.2) is 41.3 Å². The van der Waals surface area contributed by atoms with Crippen molar-refractivity contribution < 1.29 is 8.54 Å². The summed E-state index contributed by atoms with van der Waals surface area (Å²) in [7, 11) is -1.59. The zero-order valence-electron chi connectivity index (χ0n) is 7.72. The van der Waals surface area contributed by atoms with Gasteiger partial charge in [-0.25, -0.2) is 0 Å². The Kier molecular flexibility index (Phi) is 3.72. The van der Waals surface area contributed by atoms with Crippen molar-refractivity contribution in [2.24, 2.45) is 0 Å². The van der Waals surface area contributed by atoms with Crippen LogP contribution >= 0.6 is 0 Å². The number of rotatable bonds is 2. The Morgan fingerprint density at radius 3 is 2.64 bits per heavy atom. The van der Waals surface area contributed by atoms with E-state index >= 15 is 0 Å².